The molecule has 0 aromatic heterocycles. The number of aliphatic carboxylic acids is 1. The van der Waals surface area contributed by atoms with E-state index in [0.29, 0.717) is 12.3 Å². The number of nitrogens with zero attached hydrogens (tertiary/aromatic N) is 1. The molecular weight excluding hydrogens is 226 g/mol. The maximum Gasteiger partial charge on any atom is 0.303 e. The normalized spacial score (nSPS) is 10.7. The third kappa shape index (κ3) is 5.21. The molecule has 3 heteroatoms. The van der Waals surface area contributed by atoms with Gasteiger partial charge in [0, 0.05) is 25.7 Å². The van der Waals surface area contributed by atoms with Gasteiger partial charge >= 0.3 is 5.97 Å². The molecule has 0 saturated carbocycles. The van der Waals surface area contributed by atoms with E-state index in [-0.39, 0.29) is 6.42 Å². The molecule has 3 nitrogen and oxygen atoms in total. The van der Waals surface area contributed by atoms with E-state index in [4.69, 9.17) is 5.11 Å². The van der Waals surface area contributed by atoms with Crippen LogP contribution in [0.2, 0.25) is 0 Å². The Balaban J connectivity index is 2.48. The third-order valence-electron chi connectivity index (χ3n) is 2.91. The molecule has 0 atom stereocenters. The summed E-state index contributed by atoms with van der Waals surface area (Å²) in [6.45, 7) is 5.20. The minimum Gasteiger partial charge on any atom is -0.481 e. The van der Waals surface area contributed by atoms with Gasteiger partial charge in [-0.3, -0.25) is 4.79 Å². The van der Waals surface area contributed by atoms with Crippen LogP contribution in [0.25, 0.3) is 0 Å². The second-order valence-electron chi connectivity index (χ2n) is 5.18. The van der Waals surface area contributed by atoms with E-state index in [1.54, 1.807) is 0 Å². The van der Waals surface area contributed by atoms with Crippen LogP contribution in [0, 0.1) is 5.92 Å². The van der Waals surface area contributed by atoms with Crippen molar-refractivity contribution >= 4 is 11.7 Å². The second kappa shape index (κ2) is 7.04. The number of carboxylic acid groups (broad SMARTS) is 1. The number of rotatable bonds is 7. The standard InChI is InChI=1S/C15H23NO2/c1-12(2)11-13-6-8-14(9-7-13)16(3)10-4-5-15(17)18/h6-9,12H,4-5,10-11H2,1-3H3,(H,17,18). The summed E-state index contributed by atoms with van der Waals surface area (Å²) < 4.78 is 0. The van der Waals surface area contributed by atoms with Crippen molar-refractivity contribution in [3.63, 3.8) is 0 Å². The molecule has 0 aliphatic heterocycles. The molecule has 0 spiro atoms. The lowest BCUT2D eigenvalue weighted by Crippen LogP contribution is -2.19. The quantitative estimate of drug-likeness (QED) is 0.806. The first-order valence-corrected chi connectivity index (χ1v) is 6.51. The number of benzene rings is 1. The van der Waals surface area contributed by atoms with Gasteiger partial charge < -0.3 is 10.0 Å². The first-order chi connectivity index (χ1) is 8.49. The topological polar surface area (TPSA) is 40.5 Å². The zero-order valence-corrected chi connectivity index (χ0v) is 11.5. The minimum absolute atomic E-state index is 0.232. The van der Waals surface area contributed by atoms with Gasteiger partial charge in [-0.05, 0) is 36.5 Å². The average molecular weight is 249 g/mol. The van der Waals surface area contributed by atoms with Crippen LogP contribution in [-0.4, -0.2) is 24.7 Å². The van der Waals surface area contributed by atoms with E-state index < -0.39 is 5.97 Å². The number of hydrogen-bond acceptors (Lipinski definition) is 2. The summed E-state index contributed by atoms with van der Waals surface area (Å²) in [5, 5.41) is 8.60. The Morgan fingerprint density at radius 3 is 2.39 bits per heavy atom. The molecule has 0 saturated heterocycles. The molecular formula is C15H23NO2. The van der Waals surface area contributed by atoms with Crippen molar-refractivity contribution in [2.75, 3.05) is 18.5 Å². The third-order valence-corrected chi connectivity index (χ3v) is 2.91. The molecule has 0 unspecified atom stereocenters. The van der Waals surface area contributed by atoms with Crippen molar-refractivity contribution in [1.82, 2.24) is 0 Å². The minimum atomic E-state index is -0.726. The Hall–Kier alpha value is -1.51. The summed E-state index contributed by atoms with van der Waals surface area (Å²) in [5.41, 5.74) is 2.50. The molecule has 1 rings (SSSR count). The van der Waals surface area contributed by atoms with Gasteiger partial charge in [0.1, 0.15) is 0 Å². The highest BCUT2D eigenvalue weighted by atomic mass is 16.4. The molecule has 100 valence electrons. The van der Waals surface area contributed by atoms with Crippen LogP contribution in [0.4, 0.5) is 5.69 Å². The first kappa shape index (κ1) is 14.6. The van der Waals surface area contributed by atoms with Crippen LogP contribution in [-0.2, 0) is 11.2 Å². The van der Waals surface area contributed by atoms with Crippen molar-refractivity contribution in [1.29, 1.82) is 0 Å². The molecule has 1 N–H and O–H groups in total. The SMILES string of the molecule is CC(C)Cc1ccc(N(C)CCCC(=O)O)cc1. The zero-order chi connectivity index (χ0) is 13.5. The summed E-state index contributed by atoms with van der Waals surface area (Å²) in [6, 6.07) is 8.53. The lowest BCUT2D eigenvalue weighted by Gasteiger charge is -2.19. The molecule has 0 bridgehead atoms. The molecule has 1 aromatic rings. The molecule has 0 aliphatic rings. The van der Waals surface area contributed by atoms with Crippen molar-refractivity contribution in [3.8, 4) is 0 Å². The van der Waals surface area contributed by atoms with Crippen molar-refractivity contribution in [3.05, 3.63) is 29.8 Å². The molecule has 0 radical (unpaired) electrons. The van der Waals surface area contributed by atoms with E-state index in [1.807, 2.05) is 7.05 Å². The first-order valence-electron chi connectivity index (χ1n) is 6.51. The highest BCUT2D eigenvalue weighted by Gasteiger charge is 2.03. The van der Waals surface area contributed by atoms with E-state index in [2.05, 4.69) is 43.0 Å². The van der Waals surface area contributed by atoms with Gasteiger partial charge in [-0.2, -0.15) is 0 Å². The van der Waals surface area contributed by atoms with Crippen LogP contribution >= 0.6 is 0 Å². The van der Waals surface area contributed by atoms with E-state index in [1.165, 1.54) is 5.56 Å². The van der Waals surface area contributed by atoms with Gasteiger partial charge in [-0.1, -0.05) is 26.0 Å². The summed E-state index contributed by atoms with van der Waals surface area (Å²) in [6.07, 6.45) is 2.01. The second-order valence-corrected chi connectivity index (χ2v) is 5.18. The Morgan fingerprint density at radius 1 is 1.28 bits per heavy atom. The van der Waals surface area contributed by atoms with Gasteiger partial charge in [0.05, 0.1) is 0 Å². The maximum absolute atomic E-state index is 10.4. The van der Waals surface area contributed by atoms with Crippen molar-refractivity contribution in [2.24, 2.45) is 5.92 Å². The zero-order valence-electron chi connectivity index (χ0n) is 11.5. The van der Waals surface area contributed by atoms with Crippen LogP contribution in [0.1, 0.15) is 32.3 Å². The van der Waals surface area contributed by atoms with Crippen LogP contribution in [0.3, 0.4) is 0 Å². The predicted molar refractivity (Wildman–Crippen MR) is 75.1 cm³/mol. The van der Waals surface area contributed by atoms with Crippen LogP contribution < -0.4 is 4.90 Å². The fourth-order valence-corrected chi connectivity index (χ4v) is 1.95. The van der Waals surface area contributed by atoms with E-state index in [0.717, 1.165) is 18.7 Å². The Labute approximate surface area is 109 Å². The van der Waals surface area contributed by atoms with Crippen LogP contribution in [0.15, 0.2) is 24.3 Å². The fraction of sp³-hybridized carbons (Fsp3) is 0.533. The van der Waals surface area contributed by atoms with Gasteiger partial charge in [0.15, 0.2) is 0 Å². The number of hydrogen-bond donors (Lipinski definition) is 1. The molecule has 0 amide bonds. The number of carboxylic acids is 1. The molecule has 0 heterocycles. The van der Waals surface area contributed by atoms with Gasteiger partial charge in [-0.25, -0.2) is 0 Å². The monoisotopic (exact) mass is 249 g/mol. The Bertz CT molecular complexity index is 371. The number of carbonyl (C=O) groups is 1. The van der Waals surface area contributed by atoms with E-state index in [9.17, 15) is 4.79 Å². The smallest absolute Gasteiger partial charge is 0.303 e. The highest BCUT2D eigenvalue weighted by Crippen LogP contribution is 2.16. The Kier molecular flexibility index (Phi) is 5.69. The van der Waals surface area contributed by atoms with Crippen LogP contribution in [0.5, 0.6) is 0 Å². The molecule has 0 aliphatic carbocycles. The lowest BCUT2D eigenvalue weighted by molar-refractivity contribution is -0.137. The fourth-order valence-electron chi connectivity index (χ4n) is 1.95. The molecule has 0 fully saturated rings. The summed E-state index contributed by atoms with van der Waals surface area (Å²) in [7, 11) is 2.00. The van der Waals surface area contributed by atoms with E-state index >= 15 is 0 Å². The van der Waals surface area contributed by atoms with Gasteiger partial charge in [-0.15, -0.1) is 0 Å². The highest BCUT2D eigenvalue weighted by molar-refractivity contribution is 5.66. The average Bonchev–Trinajstić information content (AvgIpc) is 2.28. The van der Waals surface area contributed by atoms with Gasteiger partial charge in [0.2, 0.25) is 0 Å². The summed E-state index contributed by atoms with van der Waals surface area (Å²) in [5.74, 6) is -0.0557. The molecule has 1 aromatic carbocycles. The largest absolute Gasteiger partial charge is 0.481 e. The lowest BCUT2D eigenvalue weighted by atomic mass is 10.0. The maximum atomic E-state index is 10.4. The molecule has 18 heavy (non-hydrogen) atoms. The van der Waals surface area contributed by atoms with Crippen molar-refractivity contribution in [2.45, 2.75) is 33.1 Å². The summed E-state index contributed by atoms with van der Waals surface area (Å²) in [4.78, 5) is 12.5. The Morgan fingerprint density at radius 2 is 1.89 bits per heavy atom. The predicted octanol–water partition coefficient (Wildman–Crippen LogP) is 3.19. The van der Waals surface area contributed by atoms with Gasteiger partial charge in [0.25, 0.3) is 0 Å². The van der Waals surface area contributed by atoms with Crippen molar-refractivity contribution < 1.29 is 9.90 Å². The summed E-state index contributed by atoms with van der Waals surface area (Å²) >= 11 is 0. The number of anilines is 1.